The molecular formula is C19H25BrN4O. The smallest absolute Gasteiger partial charge is 0.204 e. The highest BCUT2D eigenvalue weighted by Gasteiger charge is 2.22. The van der Waals surface area contributed by atoms with Gasteiger partial charge in [0.05, 0.1) is 10.7 Å². The Morgan fingerprint density at radius 1 is 1.24 bits per heavy atom. The molecule has 25 heavy (non-hydrogen) atoms. The topological polar surface area (TPSA) is 65.1 Å². The van der Waals surface area contributed by atoms with Crippen LogP contribution in [0.15, 0.2) is 21.2 Å². The molecule has 6 heteroatoms. The van der Waals surface area contributed by atoms with Crippen LogP contribution >= 0.6 is 15.9 Å². The zero-order chi connectivity index (χ0) is 17.6. The average molecular weight is 405 g/mol. The molecule has 1 aliphatic heterocycles. The summed E-state index contributed by atoms with van der Waals surface area (Å²) in [5.74, 6) is 1.01. The van der Waals surface area contributed by atoms with Crippen molar-refractivity contribution in [3.05, 3.63) is 22.5 Å². The monoisotopic (exact) mass is 404 g/mol. The molecule has 4 rings (SSSR count). The van der Waals surface area contributed by atoms with Crippen LogP contribution in [0.4, 0.5) is 5.82 Å². The number of likely N-dealkylation sites (tertiary alicyclic amines) is 1. The number of aromatic nitrogens is 1. The van der Waals surface area contributed by atoms with Gasteiger partial charge in [-0.25, -0.2) is 4.98 Å². The van der Waals surface area contributed by atoms with E-state index in [9.17, 15) is 0 Å². The van der Waals surface area contributed by atoms with Crippen LogP contribution in [0.5, 0.6) is 0 Å². The highest BCUT2D eigenvalue weighted by atomic mass is 79.9. The van der Waals surface area contributed by atoms with E-state index in [1.807, 2.05) is 6.07 Å². The number of anilines is 1. The van der Waals surface area contributed by atoms with Crippen LogP contribution in [0.25, 0.3) is 11.0 Å². The molecule has 1 saturated carbocycles. The van der Waals surface area contributed by atoms with E-state index in [1.165, 1.54) is 58.0 Å². The fraction of sp³-hybridized carbons (Fsp3) is 0.579. The van der Waals surface area contributed by atoms with E-state index < -0.39 is 0 Å². The Bertz CT molecular complexity index is 740. The Kier molecular flexibility index (Phi) is 6.33. The lowest BCUT2D eigenvalue weighted by molar-refractivity contribution is 0.191. The second kappa shape index (κ2) is 8.68. The lowest BCUT2D eigenvalue weighted by Crippen LogP contribution is -2.34. The van der Waals surface area contributed by atoms with Gasteiger partial charge in [-0.05, 0) is 54.7 Å². The second-order valence-electron chi connectivity index (χ2n) is 6.71. The SMILES string of the molecule is C1CCC(N2CCCC2)CC1.CNc1ncc2oc(C#N)cc2c1Br. The molecule has 0 unspecified atom stereocenters. The first kappa shape index (κ1) is 18.2. The van der Waals surface area contributed by atoms with Gasteiger partial charge in [0, 0.05) is 24.5 Å². The molecule has 2 fully saturated rings. The van der Waals surface area contributed by atoms with E-state index in [1.54, 1.807) is 19.3 Å². The first-order valence-corrected chi connectivity index (χ1v) is 9.92. The minimum atomic E-state index is 0.288. The highest BCUT2D eigenvalue weighted by molar-refractivity contribution is 9.10. The van der Waals surface area contributed by atoms with Crippen LogP contribution < -0.4 is 5.32 Å². The number of hydrogen-bond acceptors (Lipinski definition) is 5. The van der Waals surface area contributed by atoms with Crippen molar-refractivity contribution < 1.29 is 4.42 Å². The summed E-state index contributed by atoms with van der Waals surface area (Å²) in [5, 5.41) is 12.4. The third-order valence-corrected chi connectivity index (χ3v) is 5.90. The third kappa shape index (κ3) is 4.34. The van der Waals surface area contributed by atoms with Crippen molar-refractivity contribution in [3.63, 3.8) is 0 Å². The van der Waals surface area contributed by atoms with E-state index in [4.69, 9.17) is 9.68 Å². The molecule has 1 saturated heterocycles. The van der Waals surface area contributed by atoms with Crippen molar-refractivity contribution in [2.24, 2.45) is 0 Å². The molecule has 2 aromatic heterocycles. The van der Waals surface area contributed by atoms with Crippen LogP contribution in [-0.2, 0) is 0 Å². The number of pyridine rings is 1. The van der Waals surface area contributed by atoms with Gasteiger partial charge in [-0.15, -0.1) is 0 Å². The molecule has 3 heterocycles. The molecular weight excluding hydrogens is 380 g/mol. The number of nitriles is 1. The predicted octanol–water partition coefficient (Wildman–Crippen LogP) is 4.92. The lowest BCUT2D eigenvalue weighted by atomic mass is 9.94. The number of hydrogen-bond donors (Lipinski definition) is 1. The van der Waals surface area contributed by atoms with Crippen LogP contribution in [0, 0.1) is 11.3 Å². The van der Waals surface area contributed by atoms with Crippen molar-refractivity contribution in [3.8, 4) is 6.07 Å². The quantitative estimate of drug-likeness (QED) is 0.769. The summed E-state index contributed by atoms with van der Waals surface area (Å²) in [6.07, 6.45) is 11.9. The van der Waals surface area contributed by atoms with Gasteiger partial charge in [0.15, 0.2) is 5.58 Å². The highest BCUT2D eigenvalue weighted by Crippen LogP contribution is 2.31. The van der Waals surface area contributed by atoms with Crippen molar-refractivity contribution in [1.29, 1.82) is 5.26 Å². The minimum absolute atomic E-state index is 0.288. The van der Waals surface area contributed by atoms with Gasteiger partial charge >= 0.3 is 0 Å². The Morgan fingerprint density at radius 3 is 2.60 bits per heavy atom. The van der Waals surface area contributed by atoms with Crippen LogP contribution in [0.2, 0.25) is 0 Å². The summed E-state index contributed by atoms with van der Waals surface area (Å²) in [7, 11) is 1.78. The second-order valence-corrected chi connectivity index (χ2v) is 7.50. The van der Waals surface area contributed by atoms with Crippen molar-refractivity contribution in [2.75, 3.05) is 25.5 Å². The Morgan fingerprint density at radius 2 is 1.96 bits per heavy atom. The van der Waals surface area contributed by atoms with Gasteiger partial charge in [-0.1, -0.05) is 19.3 Å². The molecule has 0 atom stereocenters. The van der Waals surface area contributed by atoms with E-state index in [0.717, 1.165) is 21.7 Å². The lowest BCUT2D eigenvalue weighted by Gasteiger charge is -2.30. The first-order chi connectivity index (χ1) is 12.2. The number of rotatable bonds is 2. The van der Waals surface area contributed by atoms with E-state index >= 15 is 0 Å². The maximum absolute atomic E-state index is 8.66. The third-order valence-electron chi connectivity index (χ3n) is 5.09. The molecule has 0 spiro atoms. The van der Waals surface area contributed by atoms with E-state index in [0.29, 0.717) is 5.58 Å². The number of nitrogens with one attached hydrogen (secondary N) is 1. The summed E-state index contributed by atoms with van der Waals surface area (Å²) in [6, 6.07) is 4.61. The molecule has 2 aromatic rings. The van der Waals surface area contributed by atoms with Gasteiger partial charge < -0.3 is 14.6 Å². The van der Waals surface area contributed by atoms with Crippen LogP contribution in [0.3, 0.4) is 0 Å². The zero-order valence-electron chi connectivity index (χ0n) is 14.7. The van der Waals surface area contributed by atoms with E-state index in [2.05, 4.69) is 31.1 Å². The maximum atomic E-state index is 8.66. The number of nitrogens with zero attached hydrogens (tertiary/aromatic N) is 3. The molecule has 5 nitrogen and oxygen atoms in total. The predicted molar refractivity (Wildman–Crippen MR) is 104 cm³/mol. The molecule has 0 amide bonds. The molecule has 2 aliphatic rings. The largest absolute Gasteiger partial charge is 0.444 e. The average Bonchev–Trinajstić information content (AvgIpc) is 3.33. The van der Waals surface area contributed by atoms with Gasteiger partial charge in [0.25, 0.3) is 0 Å². The molecule has 0 radical (unpaired) electrons. The summed E-state index contributed by atoms with van der Waals surface area (Å²) in [6.45, 7) is 2.79. The normalized spacial score (nSPS) is 18.6. The molecule has 0 bridgehead atoms. The zero-order valence-corrected chi connectivity index (χ0v) is 16.3. The maximum Gasteiger partial charge on any atom is 0.204 e. The summed E-state index contributed by atoms with van der Waals surface area (Å²) >= 11 is 3.39. The fourth-order valence-electron chi connectivity index (χ4n) is 3.76. The first-order valence-electron chi connectivity index (χ1n) is 9.13. The Labute approximate surface area is 157 Å². The molecule has 1 aliphatic carbocycles. The molecule has 1 N–H and O–H groups in total. The summed E-state index contributed by atoms with van der Waals surface area (Å²) in [4.78, 5) is 6.83. The number of halogens is 1. The summed E-state index contributed by atoms with van der Waals surface area (Å²) < 4.78 is 6.02. The van der Waals surface area contributed by atoms with Gasteiger partial charge in [-0.3, -0.25) is 0 Å². The Hall–Kier alpha value is -1.58. The van der Waals surface area contributed by atoms with Gasteiger partial charge in [0.1, 0.15) is 11.9 Å². The fourth-order valence-corrected chi connectivity index (χ4v) is 4.37. The van der Waals surface area contributed by atoms with Crippen LogP contribution in [0.1, 0.15) is 50.7 Å². The van der Waals surface area contributed by atoms with Crippen molar-refractivity contribution >= 4 is 32.7 Å². The van der Waals surface area contributed by atoms with Crippen molar-refractivity contribution in [1.82, 2.24) is 9.88 Å². The van der Waals surface area contributed by atoms with Gasteiger partial charge in [-0.2, -0.15) is 5.26 Å². The van der Waals surface area contributed by atoms with E-state index in [-0.39, 0.29) is 5.76 Å². The Balaban J connectivity index is 0.000000150. The van der Waals surface area contributed by atoms with Crippen molar-refractivity contribution in [2.45, 2.75) is 51.0 Å². The minimum Gasteiger partial charge on any atom is -0.444 e. The summed E-state index contributed by atoms with van der Waals surface area (Å²) in [5.41, 5.74) is 0.604. The van der Waals surface area contributed by atoms with Crippen LogP contribution in [-0.4, -0.2) is 36.1 Å². The molecule has 134 valence electrons. The van der Waals surface area contributed by atoms with Gasteiger partial charge in [0.2, 0.25) is 5.76 Å². The number of fused-ring (bicyclic) bond motifs is 1. The number of furan rings is 1. The molecule has 0 aromatic carbocycles. The standard InChI is InChI=1S/C10H19N.C9H6BrN3O/c1-2-6-10(7-3-1)11-8-4-5-9-11;1-12-9-8(10)6-2-5(3-11)14-7(6)4-13-9/h10H,1-9H2;2,4H,1H3,(H,12,13).